The molecule has 3 atom stereocenters. The zero-order valence-corrected chi connectivity index (χ0v) is 17.0. The van der Waals surface area contributed by atoms with Crippen LogP contribution in [0.5, 0.6) is 5.75 Å². The van der Waals surface area contributed by atoms with Crippen LogP contribution in [-0.4, -0.2) is 32.5 Å². The summed E-state index contributed by atoms with van der Waals surface area (Å²) < 4.78 is 7.82. The fourth-order valence-electron chi connectivity index (χ4n) is 3.47. The van der Waals surface area contributed by atoms with Crippen molar-refractivity contribution >= 4 is 17.7 Å². The Balaban J connectivity index is 1.53. The maximum atomic E-state index is 12.3. The van der Waals surface area contributed by atoms with E-state index in [1.165, 1.54) is 31.0 Å². The van der Waals surface area contributed by atoms with Crippen molar-refractivity contribution in [3.05, 3.63) is 36.2 Å². The van der Waals surface area contributed by atoms with Crippen LogP contribution in [0.1, 0.15) is 51.5 Å². The molecule has 1 amide bonds. The van der Waals surface area contributed by atoms with Crippen LogP contribution in [0.4, 0.5) is 0 Å². The highest BCUT2D eigenvalue weighted by Gasteiger charge is 2.23. The van der Waals surface area contributed by atoms with Crippen LogP contribution in [0.2, 0.25) is 0 Å². The van der Waals surface area contributed by atoms with Crippen LogP contribution < -0.4 is 10.1 Å². The Bertz CT molecular complexity index is 750. The van der Waals surface area contributed by atoms with E-state index in [-0.39, 0.29) is 12.0 Å². The first-order valence-corrected chi connectivity index (χ1v) is 10.6. The van der Waals surface area contributed by atoms with Crippen molar-refractivity contribution in [2.45, 2.75) is 56.8 Å². The number of aromatic nitrogens is 3. The third kappa shape index (κ3) is 5.25. The van der Waals surface area contributed by atoms with Gasteiger partial charge in [0.2, 0.25) is 5.91 Å². The van der Waals surface area contributed by atoms with Gasteiger partial charge in [0.05, 0.1) is 5.75 Å². The highest BCUT2D eigenvalue weighted by Crippen LogP contribution is 2.25. The van der Waals surface area contributed by atoms with E-state index in [4.69, 9.17) is 4.74 Å². The van der Waals surface area contributed by atoms with Gasteiger partial charge in [0.25, 0.3) is 0 Å². The number of thioether (sulfide) groups is 1. The van der Waals surface area contributed by atoms with Crippen molar-refractivity contribution in [3.8, 4) is 5.75 Å². The molecule has 6 nitrogen and oxygen atoms in total. The third-order valence-corrected chi connectivity index (χ3v) is 6.10. The zero-order chi connectivity index (χ0) is 19.2. The number of nitrogens with zero attached hydrogens (tertiary/aromatic N) is 3. The Kier molecular flexibility index (Phi) is 6.77. The molecule has 0 bridgehead atoms. The minimum Gasteiger partial charge on any atom is -0.483 e. The standard InChI is InChI=1S/C20H28N4O2S/c1-14-9-7-8-12-17(14)21-18(25)13-27-20-23-22-19(24(20)3)15(2)26-16-10-5-4-6-11-16/h4-6,10-11,14-15,17H,7-9,12-13H2,1-3H3,(H,21,25)/t14-,15-,17+/m1/s1. The first-order valence-electron chi connectivity index (χ1n) is 9.57. The maximum Gasteiger partial charge on any atom is 0.230 e. The van der Waals surface area contributed by atoms with E-state index in [2.05, 4.69) is 22.4 Å². The number of amides is 1. The highest BCUT2D eigenvalue weighted by atomic mass is 32.2. The molecule has 1 N–H and O–H groups in total. The summed E-state index contributed by atoms with van der Waals surface area (Å²) in [6.07, 6.45) is 4.53. The summed E-state index contributed by atoms with van der Waals surface area (Å²) in [4.78, 5) is 12.3. The predicted octanol–water partition coefficient (Wildman–Crippen LogP) is 3.74. The lowest BCUT2D eigenvalue weighted by Crippen LogP contribution is -2.41. The number of ether oxygens (including phenoxy) is 1. The molecule has 1 fully saturated rings. The second-order valence-corrected chi connectivity index (χ2v) is 8.14. The Morgan fingerprint density at radius 3 is 2.78 bits per heavy atom. The molecule has 1 aromatic carbocycles. The van der Waals surface area contributed by atoms with Gasteiger partial charge in [-0.05, 0) is 37.8 Å². The van der Waals surface area contributed by atoms with Crippen LogP contribution in [0.15, 0.2) is 35.5 Å². The zero-order valence-electron chi connectivity index (χ0n) is 16.2. The van der Waals surface area contributed by atoms with Crippen molar-refractivity contribution in [2.75, 3.05) is 5.75 Å². The van der Waals surface area contributed by atoms with Gasteiger partial charge in [-0.1, -0.05) is 49.7 Å². The molecule has 146 valence electrons. The first kappa shape index (κ1) is 19.7. The second-order valence-electron chi connectivity index (χ2n) is 7.20. The Hall–Kier alpha value is -2.02. The molecule has 0 saturated heterocycles. The molecular formula is C20H28N4O2S. The summed E-state index contributed by atoms with van der Waals surface area (Å²) in [6, 6.07) is 9.96. The van der Waals surface area contributed by atoms with Gasteiger partial charge in [0.15, 0.2) is 17.1 Å². The van der Waals surface area contributed by atoms with Crippen molar-refractivity contribution in [2.24, 2.45) is 13.0 Å². The molecule has 27 heavy (non-hydrogen) atoms. The number of benzene rings is 1. The lowest BCUT2D eigenvalue weighted by Gasteiger charge is -2.29. The maximum absolute atomic E-state index is 12.3. The van der Waals surface area contributed by atoms with Crippen molar-refractivity contribution in [1.29, 1.82) is 0 Å². The van der Waals surface area contributed by atoms with Gasteiger partial charge in [0.1, 0.15) is 5.75 Å². The van der Waals surface area contributed by atoms with Gasteiger partial charge in [-0.25, -0.2) is 0 Å². The average Bonchev–Trinajstić information content (AvgIpc) is 3.03. The van der Waals surface area contributed by atoms with E-state index in [0.717, 1.165) is 23.2 Å². The molecule has 1 aliphatic carbocycles. The number of carbonyl (C=O) groups excluding carboxylic acids is 1. The summed E-state index contributed by atoms with van der Waals surface area (Å²) in [5.41, 5.74) is 0. The molecule has 1 aromatic heterocycles. The number of carbonyl (C=O) groups is 1. The third-order valence-electron chi connectivity index (χ3n) is 5.08. The molecule has 3 rings (SSSR count). The smallest absolute Gasteiger partial charge is 0.230 e. The summed E-state index contributed by atoms with van der Waals surface area (Å²) >= 11 is 1.41. The van der Waals surface area contributed by atoms with Crippen LogP contribution in [-0.2, 0) is 11.8 Å². The lowest BCUT2D eigenvalue weighted by molar-refractivity contribution is -0.119. The summed E-state index contributed by atoms with van der Waals surface area (Å²) in [5.74, 6) is 2.51. The normalized spacial score (nSPS) is 20.9. The Morgan fingerprint density at radius 2 is 2.04 bits per heavy atom. The molecule has 1 saturated carbocycles. The van der Waals surface area contributed by atoms with Crippen LogP contribution >= 0.6 is 11.8 Å². The molecule has 0 spiro atoms. The molecule has 0 unspecified atom stereocenters. The van der Waals surface area contributed by atoms with Crippen LogP contribution in [0, 0.1) is 5.92 Å². The predicted molar refractivity (Wildman–Crippen MR) is 107 cm³/mol. The van der Waals surface area contributed by atoms with Crippen molar-refractivity contribution in [3.63, 3.8) is 0 Å². The average molecular weight is 389 g/mol. The first-order chi connectivity index (χ1) is 13.0. The van der Waals surface area contributed by atoms with E-state index in [9.17, 15) is 4.79 Å². The number of para-hydroxylation sites is 1. The van der Waals surface area contributed by atoms with Gasteiger partial charge < -0.3 is 14.6 Å². The summed E-state index contributed by atoms with van der Waals surface area (Å²) in [6.45, 7) is 4.17. The SMILES string of the molecule is C[C@@H]1CCCC[C@@H]1NC(=O)CSc1nnc([C@@H](C)Oc2ccccc2)n1C. The minimum atomic E-state index is -0.226. The number of nitrogens with one attached hydrogen (secondary N) is 1. The van der Waals surface area contributed by atoms with Gasteiger partial charge in [-0.15, -0.1) is 10.2 Å². The topological polar surface area (TPSA) is 69.0 Å². The lowest BCUT2D eigenvalue weighted by atomic mass is 9.86. The Labute approximate surface area is 165 Å². The number of hydrogen-bond acceptors (Lipinski definition) is 5. The van der Waals surface area contributed by atoms with Crippen molar-refractivity contribution < 1.29 is 9.53 Å². The van der Waals surface area contributed by atoms with Crippen LogP contribution in [0.25, 0.3) is 0 Å². The summed E-state index contributed by atoms with van der Waals surface area (Å²) in [7, 11) is 1.91. The summed E-state index contributed by atoms with van der Waals surface area (Å²) in [5, 5.41) is 12.4. The second kappa shape index (κ2) is 9.26. The van der Waals surface area contributed by atoms with Gasteiger partial charge in [0, 0.05) is 13.1 Å². The Morgan fingerprint density at radius 1 is 1.30 bits per heavy atom. The minimum absolute atomic E-state index is 0.0666. The van der Waals surface area contributed by atoms with E-state index in [1.54, 1.807) is 0 Å². The van der Waals surface area contributed by atoms with Gasteiger partial charge >= 0.3 is 0 Å². The van der Waals surface area contributed by atoms with Crippen molar-refractivity contribution in [1.82, 2.24) is 20.1 Å². The van der Waals surface area contributed by atoms with Crippen LogP contribution in [0.3, 0.4) is 0 Å². The molecule has 1 aliphatic rings. The van der Waals surface area contributed by atoms with E-state index in [1.807, 2.05) is 48.9 Å². The molecule has 0 radical (unpaired) electrons. The monoisotopic (exact) mass is 388 g/mol. The molecule has 0 aliphatic heterocycles. The molecule has 2 aromatic rings. The fourth-order valence-corrected chi connectivity index (χ4v) is 4.20. The molecular weight excluding hydrogens is 360 g/mol. The number of rotatable bonds is 7. The number of hydrogen-bond donors (Lipinski definition) is 1. The quantitative estimate of drug-likeness (QED) is 0.732. The fraction of sp³-hybridized carbons (Fsp3) is 0.550. The van der Waals surface area contributed by atoms with E-state index in [0.29, 0.717) is 17.7 Å². The largest absolute Gasteiger partial charge is 0.483 e. The van der Waals surface area contributed by atoms with E-state index >= 15 is 0 Å². The van der Waals surface area contributed by atoms with E-state index < -0.39 is 0 Å². The highest BCUT2D eigenvalue weighted by molar-refractivity contribution is 7.99. The van der Waals surface area contributed by atoms with Gasteiger partial charge in [-0.3, -0.25) is 4.79 Å². The molecule has 1 heterocycles. The molecule has 7 heteroatoms. The van der Waals surface area contributed by atoms with Gasteiger partial charge in [-0.2, -0.15) is 0 Å².